The summed E-state index contributed by atoms with van der Waals surface area (Å²) in [6.45, 7) is 4.62. The number of hydrogen-bond acceptors (Lipinski definition) is 9. The average Bonchev–Trinajstić information content (AvgIpc) is 3.28. The van der Waals surface area contributed by atoms with Gasteiger partial charge in [0.25, 0.3) is 5.56 Å². The SMILES string of the molecule is CC(=O)CCC(=O)OC[C@H]1O[C@H](n2cnc3c(=O)[nH]c(NC(=O)C(C)C)nc32)C[C@@H]1O. The van der Waals surface area contributed by atoms with Crippen molar-refractivity contribution in [3.63, 3.8) is 0 Å². The molecule has 0 radical (unpaired) electrons. The van der Waals surface area contributed by atoms with Crippen molar-refractivity contribution in [2.24, 2.45) is 5.92 Å². The lowest BCUT2D eigenvalue weighted by atomic mass is 10.2. The summed E-state index contributed by atoms with van der Waals surface area (Å²) < 4.78 is 12.4. The Bertz CT molecular complexity index is 1040. The van der Waals surface area contributed by atoms with E-state index >= 15 is 0 Å². The number of anilines is 1. The number of ketones is 1. The van der Waals surface area contributed by atoms with Crippen LogP contribution in [-0.2, 0) is 23.9 Å². The summed E-state index contributed by atoms with van der Waals surface area (Å²) in [7, 11) is 0. The Balaban J connectivity index is 1.72. The number of aromatic nitrogens is 4. The van der Waals surface area contributed by atoms with E-state index in [0.717, 1.165) is 0 Å². The highest BCUT2D eigenvalue weighted by molar-refractivity contribution is 5.91. The smallest absolute Gasteiger partial charge is 0.306 e. The highest BCUT2D eigenvalue weighted by Gasteiger charge is 2.36. The van der Waals surface area contributed by atoms with Crippen LogP contribution in [0.15, 0.2) is 11.1 Å². The van der Waals surface area contributed by atoms with Crippen LogP contribution in [0.4, 0.5) is 5.95 Å². The lowest BCUT2D eigenvalue weighted by Gasteiger charge is -2.16. The molecule has 0 spiro atoms. The standard InChI is InChI=1S/C19H25N5O7/c1-9(2)17(28)22-19-21-16-15(18(29)23-19)20-8-24(16)13-6-11(26)12(31-13)7-30-14(27)5-4-10(3)25/h8-9,11-13,26H,4-7H2,1-3H3,(H2,21,22,23,28,29)/t11-,12+,13-/m0/s1. The Morgan fingerprint density at radius 2 is 2.13 bits per heavy atom. The summed E-state index contributed by atoms with van der Waals surface area (Å²) in [6.07, 6.45) is -0.847. The largest absolute Gasteiger partial charge is 0.463 e. The summed E-state index contributed by atoms with van der Waals surface area (Å²) in [6, 6.07) is 0. The van der Waals surface area contributed by atoms with Gasteiger partial charge in [-0.2, -0.15) is 4.98 Å². The van der Waals surface area contributed by atoms with Gasteiger partial charge in [-0.25, -0.2) is 4.98 Å². The van der Waals surface area contributed by atoms with Gasteiger partial charge >= 0.3 is 5.97 Å². The molecule has 0 aromatic carbocycles. The van der Waals surface area contributed by atoms with Gasteiger partial charge in [-0.15, -0.1) is 0 Å². The number of Topliss-reactive ketones (excluding diaryl/α,β-unsaturated/α-hetero) is 1. The number of fused-ring (bicyclic) bond motifs is 1. The maximum absolute atomic E-state index is 12.3. The molecule has 1 fully saturated rings. The van der Waals surface area contributed by atoms with Gasteiger partial charge in [-0.3, -0.25) is 29.3 Å². The zero-order valence-corrected chi connectivity index (χ0v) is 17.5. The molecule has 2 aromatic heterocycles. The Hall–Kier alpha value is -3.12. The fourth-order valence-corrected chi connectivity index (χ4v) is 3.02. The molecule has 31 heavy (non-hydrogen) atoms. The fraction of sp³-hybridized carbons (Fsp3) is 0.579. The van der Waals surface area contributed by atoms with Gasteiger partial charge in [-0.1, -0.05) is 13.8 Å². The van der Waals surface area contributed by atoms with Crippen LogP contribution in [0.1, 0.15) is 46.3 Å². The van der Waals surface area contributed by atoms with Gasteiger partial charge < -0.3 is 19.4 Å². The van der Waals surface area contributed by atoms with Crippen molar-refractivity contribution in [1.29, 1.82) is 0 Å². The van der Waals surface area contributed by atoms with Gasteiger partial charge in [0.15, 0.2) is 11.2 Å². The number of carbonyl (C=O) groups is 3. The molecule has 1 amide bonds. The van der Waals surface area contributed by atoms with E-state index < -0.39 is 30.0 Å². The van der Waals surface area contributed by atoms with Crippen LogP contribution in [-0.4, -0.2) is 61.1 Å². The average molecular weight is 435 g/mol. The van der Waals surface area contributed by atoms with E-state index in [1.807, 2.05) is 0 Å². The minimum absolute atomic E-state index is 0.0209. The summed E-state index contributed by atoms with van der Waals surface area (Å²) in [5, 5.41) is 12.8. The number of H-pyrrole nitrogens is 1. The van der Waals surface area contributed by atoms with Crippen LogP contribution in [0.5, 0.6) is 0 Å². The Kier molecular flexibility index (Phi) is 6.81. The molecular formula is C19H25N5O7. The third-order valence-electron chi connectivity index (χ3n) is 4.80. The number of carbonyl (C=O) groups excluding carboxylic acids is 3. The maximum atomic E-state index is 12.3. The maximum Gasteiger partial charge on any atom is 0.306 e. The number of amides is 1. The van der Waals surface area contributed by atoms with E-state index in [4.69, 9.17) is 9.47 Å². The Morgan fingerprint density at radius 1 is 1.39 bits per heavy atom. The number of rotatable bonds is 8. The second-order valence-electron chi connectivity index (χ2n) is 7.70. The molecule has 0 bridgehead atoms. The Morgan fingerprint density at radius 3 is 2.81 bits per heavy atom. The quantitative estimate of drug-likeness (QED) is 0.493. The first-order valence-corrected chi connectivity index (χ1v) is 9.92. The van der Waals surface area contributed by atoms with Crippen LogP contribution in [0, 0.1) is 5.92 Å². The van der Waals surface area contributed by atoms with Crippen LogP contribution in [0.25, 0.3) is 11.2 Å². The zero-order chi connectivity index (χ0) is 22.7. The number of aliphatic hydroxyl groups excluding tert-OH is 1. The second-order valence-corrected chi connectivity index (χ2v) is 7.70. The number of nitrogens with one attached hydrogen (secondary N) is 2. The summed E-state index contributed by atoms with van der Waals surface area (Å²) in [4.78, 5) is 57.6. The topological polar surface area (TPSA) is 165 Å². The molecule has 3 rings (SSSR count). The summed E-state index contributed by atoms with van der Waals surface area (Å²) in [5.74, 6) is -1.31. The lowest BCUT2D eigenvalue weighted by Crippen LogP contribution is -2.28. The van der Waals surface area contributed by atoms with Crippen LogP contribution in [0.3, 0.4) is 0 Å². The summed E-state index contributed by atoms with van der Waals surface area (Å²) >= 11 is 0. The van der Waals surface area contributed by atoms with Crippen molar-refractivity contribution in [2.75, 3.05) is 11.9 Å². The van der Waals surface area contributed by atoms with Crippen molar-refractivity contribution in [2.45, 2.75) is 58.5 Å². The fourth-order valence-electron chi connectivity index (χ4n) is 3.02. The molecule has 168 valence electrons. The van der Waals surface area contributed by atoms with E-state index in [1.165, 1.54) is 17.8 Å². The normalized spacial score (nSPS) is 20.9. The van der Waals surface area contributed by atoms with E-state index in [2.05, 4.69) is 20.3 Å². The number of ether oxygens (including phenoxy) is 2. The summed E-state index contributed by atoms with van der Waals surface area (Å²) in [5.41, 5.74) is -0.295. The molecule has 1 aliphatic rings. The van der Waals surface area contributed by atoms with Crippen LogP contribution < -0.4 is 10.9 Å². The zero-order valence-electron chi connectivity index (χ0n) is 17.5. The molecule has 12 nitrogen and oxygen atoms in total. The minimum Gasteiger partial charge on any atom is -0.463 e. The van der Waals surface area contributed by atoms with E-state index in [-0.39, 0.29) is 60.6 Å². The van der Waals surface area contributed by atoms with Gasteiger partial charge in [0.1, 0.15) is 24.7 Å². The molecule has 0 aliphatic carbocycles. The van der Waals surface area contributed by atoms with Crippen LogP contribution in [0.2, 0.25) is 0 Å². The molecule has 3 N–H and O–H groups in total. The molecule has 3 atom stereocenters. The van der Waals surface area contributed by atoms with Gasteiger partial charge in [0.05, 0.1) is 18.9 Å². The number of esters is 1. The van der Waals surface area contributed by atoms with Crippen molar-refractivity contribution in [3.8, 4) is 0 Å². The predicted octanol–water partition coefficient (Wildman–Crippen LogP) is 0.275. The van der Waals surface area contributed by atoms with Crippen molar-refractivity contribution >= 4 is 34.8 Å². The number of aliphatic hydroxyl groups is 1. The molecular weight excluding hydrogens is 410 g/mol. The molecule has 1 aliphatic heterocycles. The first-order valence-electron chi connectivity index (χ1n) is 9.92. The van der Waals surface area contributed by atoms with E-state index in [0.29, 0.717) is 0 Å². The first kappa shape index (κ1) is 22.6. The van der Waals surface area contributed by atoms with E-state index in [1.54, 1.807) is 13.8 Å². The van der Waals surface area contributed by atoms with E-state index in [9.17, 15) is 24.3 Å². The molecule has 0 unspecified atom stereocenters. The number of imidazole rings is 1. The highest BCUT2D eigenvalue weighted by Crippen LogP contribution is 2.30. The molecule has 0 saturated carbocycles. The molecule has 3 heterocycles. The first-order chi connectivity index (χ1) is 14.7. The lowest BCUT2D eigenvalue weighted by molar-refractivity contribution is -0.150. The molecule has 1 saturated heterocycles. The van der Waals surface area contributed by atoms with Crippen molar-refractivity contribution in [1.82, 2.24) is 19.5 Å². The van der Waals surface area contributed by atoms with Crippen molar-refractivity contribution < 1.29 is 29.0 Å². The van der Waals surface area contributed by atoms with Gasteiger partial charge in [0, 0.05) is 18.8 Å². The molecule has 12 heteroatoms. The third-order valence-corrected chi connectivity index (χ3v) is 4.80. The van der Waals surface area contributed by atoms with Gasteiger partial charge in [0.2, 0.25) is 11.9 Å². The van der Waals surface area contributed by atoms with Crippen molar-refractivity contribution in [3.05, 3.63) is 16.7 Å². The highest BCUT2D eigenvalue weighted by atomic mass is 16.6. The number of aromatic amines is 1. The third kappa shape index (κ3) is 5.33. The Labute approximate surface area is 177 Å². The number of hydrogen-bond donors (Lipinski definition) is 3. The monoisotopic (exact) mass is 435 g/mol. The minimum atomic E-state index is -0.926. The van der Waals surface area contributed by atoms with Gasteiger partial charge in [-0.05, 0) is 6.92 Å². The predicted molar refractivity (Wildman–Crippen MR) is 107 cm³/mol. The second kappa shape index (κ2) is 9.35. The number of nitrogens with zero attached hydrogens (tertiary/aromatic N) is 3. The van der Waals surface area contributed by atoms with Crippen LogP contribution >= 0.6 is 0 Å². The molecule has 2 aromatic rings.